The highest BCUT2D eigenvalue weighted by Gasteiger charge is 2.11. The lowest BCUT2D eigenvalue weighted by Gasteiger charge is -2.07. The number of aryl methyl sites for hydroxylation is 2. The highest BCUT2D eigenvalue weighted by Crippen LogP contribution is 2.29. The number of rotatable bonds is 6. The zero-order valence-electron chi connectivity index (χ0n) is 17.6. The maximum atomic E-state index is 12.8. The fraction of sp³-hybridized carbons (Fsp3) is 0.125. The van der Waals surface area contributed by atoms with E-state index in [0.29, 0.717) is 28.7 Å². The second kappa shape index (κ2) is 8.14. The molecule has 8 heteroatoms. The summed E-state index contributed by atoms with van der Waals surface area (Å²) in [6.45, 7) is 1.45. The van der Waals surface area contributed by atoms with Gasteiger partial charge in [-0.2, -0.15) is 0 Å². The van der Waals surface area contributed by atoms with Gasteiger partial charge in [0.05, 0.1) is 22.9 Å². The molecule has 160 valence electrons. The van der Waals surface area contributed by atoms with Crippen LogP contribution in [0.4, 0.5) is 16.0 Å². The average Bonchev–Trinajstić information content (AvgIpc) is 3.40. The number of aromatic nitrogens is 5. The van der Waals surface area contributed by atoms with Gasteiger partial charge in [0.15, 0.2) is 5.82 Å². The van der Waals surface area contributed by atoms with Gasteiger partial charge in [0, 0.05) is 31.1 Å². The van der Waals surface area contributed by atoms with Gasteiger partial charge in [-0.25, -0.2) is 14.4 Å². The van der Waals surface area contributed by atoms with Gasteiger partial charge in [-0.15, -0.1) is 0 Å². The molecule has 5 aromatic rings. The summed E-state index contributed by atoms with van der Waals surface area (Å²) in [5.41, 5.74) is 4.96. The molecular weight excluding hydrogens is 407 g/mol. The van der Waals surface area contributed by atoms with Crippen LogP contribution in [0.5, 0.6) is 11.5 Å². The van der Waals surface area contributed by atoms with Crippen molar-refractivity contribution >= 4 is 22.7 Å². The highest BCUT2D eigenvalue weighted by molar-refractivity contribution is 5.81. The Hall–Kier alpha value is -4.20. The van der Waals surface area contributed by atoms with Crippen molar-refractivity contribution in [2.75, 3.05) is 5.32 Å². The summed E-state index contributed by atoms with van der Waals surface area (Å²) in [7, 11) is 1.97. The molecule has 0 atom stereocenters. The molecule has 0 unspecified atom stereocenters. The van der Waals surface area contributed by atoms with Gasteiger partial charge in [0.2, 0.25) is 5.95 Å². The molecule has 7 nitrogen and oxygen atoms in total. The van der Waals surface area contributed by atoms with E-state index in [4.69, 9.17) is 9.72 Å². The van der Waals surface area contributed by atoms with Gasteiger partial charge >= 0.3 is 0 Å². The largest absolute Gasteiger partial charge is 0.457 e. The molecule has 32 heavy (non-hydrogen) atoms. The van der Waals surface area contributed by atoms with Crippen LogP contribution in [0, 0.1) is 6.92 Å². The summed E-state index contributed by atoms with van der Waals surface area (Å²) >= 11 is 0. The minimum atomic E-state index is -0.603. The van der Waals surface area contributed by atoms with Crippen molar-refractivity contribution < 1.29 is 9.13 Å². The first-order chi connectivity index (χ1) is 15.6. The number of H-pyrrole nitrogens is 1. The molecule has 3 heterocycles. The molecule has 5 rings (SSSR count). The lowest BCUT2D eigenvalue weighted by atomic mass is 10.2. The second-order valence-corrected chi connectivity index (χ2v) is 7.51. The van der Waals surface area contributed by atoms with E-state index >= 15 is 0 Å². The Labute approximate surface area is 183 Å². The quantitative estimate of drug-likeness (QED) is 0.364. The molecule has 0 radical (unpaired) electrons. The van der Waals surface area contributed by atoms with Gasteiger partial charge in [-0.1, -0.05) is 17.7 Å². The number of halogens is 1. The predicted molar refractivity (Wildman–Crippen MR) is 122 cm³/mol. The summed E-state index contributed by atoms with van der Waals surface area (Å²) in [6.07, 6.45) is 3.09. The molecule has 0 aliphatic heterocycles. The van der Waals surface area contributed by atoms with Gasteiger partial charge in [-0.3, -0.25) is 4.98 Å². The lowest BCUT2D eigenvalue weighted by Crippen LogP contribution is -1.98. The van der Waals surface area contributed by atoms with Crippen molar-refractivity contribution in [2.45, 2.75) is 13.6 Å². The van der Waals surface area contributed by atoms with Crippen LogP contribution in [0.3, 0.4) is 0 Å². The summed E-state index contributed by atoms with van der Waals surface area (Å²) < 4.78 is 20.8. The first-order valence-electron chi connectivity index (χ1n) is 10.1. The molecule has 0 aliphatic rings. The van der Waals surface area contributed by atoms with E-state index in [1.807, 2.05) is 41.9 Å². The fourth-order valence-corrected chi connectivity index (χ4v) is 3.42. The average molecular weight is 428 g/mol. The summed E-state index contributed by atoms with van der Waals surface area (Å²) in [5, 5.41) is 3.36. The van der Waals surface area contributed by atoms with Crippen LogP contribution in [-0.2, 0) is 13.7 Å². The number of alkyl halides is 1. The number of nitrogens with zero attached hydrogens (tertiary/aromatic N) is 4. The van der Waals surface area contributed by atoms with Crippen molar-refractivity contribution in [3.05, 3.63) is 78.2 Å². The van der Waals surface area contributed by atoms with Crippen molar-refractivity contribution in [1.82, 2.24) is 24.5 Å². The number of hydrogen-bond acceptors (Lipinski definition) is 5. The molecule has 0 saturated heterocycles. The van der Waals surface area contributed by atoms with Gasteiger partial charge in [0.1, 0.15) is 23.9 Å². The number of ether oxygens (including phenoxy) is 1. The van der Waals surface area contributed by atoms with Crippen molar-refractivity contribution in [2.24, 2.45) is 7.05 Å². The van der Waals surface area contributed by atoms with Gasteiger partial charge in [0.25, 0.3) is 0 Å². The molecule has 0 fully saturated rings. The normalized spacial score (nSPS) is 11.1. The Kier molecular flexibility index (Phi) is 5.03. The minimum Gasteiger partial charge on any atom is -0.457 e. The number of pyridine rings is 1. The molecule has 0 aliphatic carbocycles. The van der Waals surface area contributed by atoms with E-state index in [-0.39, 0.29) is 0 Å². The molecular formula is C24H21FN6O. The second-order valence-electron chi connectivity index (χ2n) is 7.51. The Balaban J connectivity index is 1.39. The maximum Gasteiger partial charge on any atom is 0.208 e. The first-order valence-corrected chi connectivity index (χ1v) is 10.1. The van der Waals surface area contributed by atoms with Crippen LogP contribution in [0.2, 0.25) is 0 Å². The van der Waals surface area contributed by atoms with E-state index in [9.17, 15) is 4.39 Å². The Morgan fingerprint density at radius 3 is 2.62 bits per heavy atom. The monoisotopic (exact) mass is 428 g/mol. The predicted octanol–water partition coefficient (Wildman–Crippen LogP) is 5.67. The third kappa shape index (κ3) is 3.90. The summed E-state index contributed by atoms with van der Waals surface area (Å²) in [4.78, 5) is 16.1. The number of imidazole rings is 2. The highest BCUT2D eigenvalue weighted by atomic mass is 19.1. The number of benzene rings is 2. The van der Waals surface area contributed by atoms with Crippen LogP contribution in [0.1, 0.15) is 11.3 Å². The van der Waals surface area contributed by atoms with E-state index in [0.717, 1.165) is 22.7 Å². The molecule has 2 aromatic carbocycles. The zero-order chi connectivity index (χ0) is 22.1. The van der Waals surface area contributed by atoms with E-state index in [2.05, 4.69) is 39.3 Å². The topological polar surface area (TPSA) is 80.7 Å². The van der Waals surface area contributed by atoms with Crippen molar-refractivity contribution in [1.29, 1.82) is 0 Å². The standard InChI is InChI=1S/C24H21FN6O/c1-15-3-5-16(6-4-15)29-24-30-20-11-18(7-8-22(20)31(24)2)32-19-9-10-26-21(12-19)23-27-14-17(13-25)28-23/h3-12,14H,13H2,1-2H3,(H,27,28)(H,29,30). The molecule has 2 N–H and O–H groups in total. The Bertz CT molecular complexity index is 1390. The van der Waals surface area contributed by atoms with Crippen LogP contribution in [-0.4, -0.2) is 24.5 Å². The molecule has 3 aromatic heterocycles. The number of hydrogen-bond donors (Lipinski definition) is 2. The number of nitrogens with one attached hydrogen (secondary N) is 2. The van der Waals surface area contributed by atoms with Crippen LogP contribution >= 0.6 is 0 Å². The number of aromatic amines is 1. The Morgan fingerprint density at radius 1 is 1.03 bits per heavy atom. The van der Waals surface area contributed by atoms with Gasteiger partial charge in [-0.05, 0) is 37.3 Å². The lowest BCUT2D eigenvalue weighted by molar-refractivity contribution is 0.477. The third-order valence-corrected chi connectivity index (χ3v) is 5.14. The smallest absolute Gasteiger partial charge is 0.208 e. The summed E-state index contributed by atoms with van der Waals surface area (Å²) in [5.74, 6) is 2.49. The SMILES string of the molecule is Cc1ccc(Nc2nc3cc(Oc4ccnc(-c5ncc(CF)[nH]5)c4)ccc3n2C)cc1. The van der Waals surface area contributed by atoms with E-state index < -0.39 is 6.67 Å². The maximum absolute atomic E-state index is 12.8. The molecule has 0 amide bonds. The van der Waals surface area contributed by atoms with Crippen LogP contribution < -0.4 is 10.1 Å². The van der Waals surface area contributed by atoms with Gasteiger partial charge < -0.3 is 19.6 Å². The van der Waals surface area contributed by atoms with E-state index in [1.54, 1.807) is 18.3 Å². The first kappa shape index (κ1) is 19.7. The summed E-state index contributed by atoms with van der Waals surface area (Å²) in [6, 6.07) is 17.4. The third-order valence-electron chi connectivity index (χ3n) is 5.14. The molecule has 0 bridgehead atoms. The Morgan fingerprint density at radius 2 is 1.84 bits per heavy atom. The van der Waals surface area contributed by atoms with E-state index in [1.165, 1.54) is 11.8 Å². The number of fused-ring (bicyclic) bond motifs is 1. The number of anilines is 2. The van der Waals surface area contributed by atoms with Crippen molar-refractivity contribution in [3.63, 3.8) is 0 Å². The zero-order valence-corrected chi connectivity index (χ0v) is 17.6. The molecule has 0 spiro atoms. The van der Waals surface area contributed by atoms with Crippen LogP contribution in [0.25, 0.3) is 22.6 Å². The van der Waals surface area contributed by atoms with Crippen LogP contribution in [0.15, 0.2) is 67.0 Å². The fourth-order valence-electron chi connectivity index (χ4n) is 3.42. The van der Waals surface area contributed by atoms with Crippen molar-refractivity contribution in [3.8, 4) is 23.0 Å². The minimum absolute atomic E-state index is 0.406. The molecule has 0 saturated carbocycles.